The first kappa shape index (κ1) is 15.5. The number of nitrogens with zero attached hydrogens (tertiary/aromatic N) is 7. The molecule has 8 nitrogen and oxygen atoms in total. The van der Waals surface area contributed by atoms with Gasteiger partial charge in [-0.05, 0) is 37.5 Å². The van der Waals surface area contributed by atoms with E-state index in [1.165, 1.54) is 6.33 Å². The van der Waals surface area contributed by atoms with Crippen LogP contribution in [0.4, 0.5) is 0 Å². The van der Waals surface area contributed by atoms with Crippen molar-refractivity contribution in [2.45, 2.75) is 32.4 Å². The second kappa shape index (κ2) is 6.46. The van der Waals surface area contributed by atoms with Crippen LogP contribution in [0.15, 0.2) is 43.4 Å². The van der Waals surface area contributed by atoms with E-state index in [1.54, 1.807) is 29.3 Å². The quantitative estimate of drug-likeness (QED) is 0.720. The first-order valence-corrected chi connectivity index (χ1v) is 8.32. The summed E-state index contributed by atoms with van der Waals surface area (Å²) in [4.78, 5) is 23.1. The van der Waals surface area contributed by atoms with Crippen LogP contribution in [0.1, 0.15) is 28.8 Å². The molecule has 0 radical (unpaired) electrons. The maximum atomic E-state index is 13.0. The third-order valence-corrected chi connectivity index (χ3v) is 4.44. The number of amides is 1. The molecule has 1 amide bonds. The van der Waals surface area contributed by atoms with Crippen LogP contribution in [0, 0.1) is 6.92 Å². The molecular formula is C17H19N7O. The van der Waals surface area contributed by atoms with Gasteiger partial charge in [-0.1, -0.05) is 0 Å². The number of hydrogen-bond acceptors (Lipinski definition) is 5. The number of rotatable bonds is 4. The maximum absolute atomic E-state index is 13.0. The lowest BCUT2D eigenvalue weighted by Crippen LogP contribution is -2.38. The van der Waals surface area contributed by atoms with Crippen LogP contribution in [-0.4, -0.2) is 52.9 Å². The van der Waals surface area contributed by atoms with Crippen molar-refractivity contribution in [2.75, 3.05) is 6.54 Å². The van der Waals surface area contributed by atoms with Gasteiger partial charge in [0, 0.05) is 24.5 Å². The predicted octanol–water partition coefficient (Wildman–Crippen LogP) is 1.47. The Labute approximate surface area is 145 Å². The summed E-state index contributed by atoms with van der Waals surface area (Å²) < 4.78 is 3.46. The zero-order chi connectivity index (χ0) is 17.2. The Balaban J connectivity index is 1.54. The van der Waals surface area contributed by atoms with Gasteiger partial charge in [-0.3, -0.25) is 9.48 Å². The SMILES string of the molecule is Cc1cnn(C[C@@H]2CCCN2C(=O)c2ccnc(-n3cncn3)c2)c1. The summed E-state index contributed by atoms with van der Waals surface area (Å²) in [6.07, 6.45) is 10.5. The number of likely N-dealkylation sites (tertiary alicyclic amines) is 1. The Morgan fingerprint density at radius 1 is 1.36 bits per heavy atom. The Hall–Kier alpha value is -3.03. The van der Waals surface area contributed by atoms with E-state index in [9.17, 15) is 4.79 Å². The highest BCUT2D eigenvalue weighted by Gasteiger charge is 2.30. The molecule has 0 saturated carbocycles. The third-order valence-electron chi connectivity index (χ3n) is 4.44. The van der Waals surface area contributed by atoms with Crippen molar-refractivity contribution in [1.29, 1.82) is 0 Å². The van der Waals surface area contributed by atoms with Crippen molar-refractivity contribution in [1.82, 2.24) is 34.4 Å². The maximum Gasteiger partial charge on any atom is 0.254 e. The lowest BCUT2D eigenvalue weighted by molar-refractivity contribution is 0.0721. The van der Waals surface area contributed by atoms with E-state index in [0.717, 1.165) is 31.5 Å². The van der Waals surface area contributed by atoms with Crippen LogP contribution in [0.3, 0.4) is 0 Å². The highest BCUT2D eigenvalue weighted by atomic mass is 16.2. The molecule has 1 aliphatic rings. The molecule has 8 heteroatoms. The summed E-state index contributed by atoms with van der Waals surface area (Å²) in [5, 5.41) is 8.41. The van der Waals surface area contributed by atoms with Gasteiger partial charge >= 0.3 is 0 Å². The molecule has 0 aliphatic carbocycles. The molecule has 0 spiro atoms. The van der Waals surface area contributed by atoms with E-state index in [1.807, 2.05) is 28.9 Å². The molecule has 1 fully saturated rings. The molecule has 25 heavy (non-hydrogen) atoms. The van der Waals surface area contributed by atoms with E-state index in [2.05, 4.69) is 20.2 Å². The van der Waals surface area contributed by atoms with E-state index in [4.69, 9.17) is 0 Å². The normalized spacial score (nSPS) is 17.2. The van der Waals surface area contributed by atoms with Gasteiger partial charge in [0.05, 0.1) is 18.8 Å². The van der Waals surface area contributed by atoms with Crippen LogP contribution in [0.5, 0.6) is 0 Å². The molecular weight excluding hydrogens is 318 g/mol. The summed E-state index contributed by atoms with van der Waals surface area (Å²) in [5.41, 5.74) is 1.74. The Morgan fingerprint density at radius 2 is 2.28 bits per heavy atom. The van der Waals surface area contributed by atoms with Crippen LogP contribution in [-0.2, 0) is 6.54 Å². The fourth-order valence-electron chi connectivity index (χ4n) is 3.24. The van der Waals surface area contributed by atoms with E-state index in [0.29, 0.717) is 11.4 Å². The fourth-order valence-corrected chi connectivity index (χ4v) is 3.24. The summed E-state index contributed by atoms with van der Waals surface area (Å²) in [5.74, 6) is 0.608. The minimum atomic E-state index is 0.0233. The molecule has 3 aromatic heterocycles. The Bertz CT molecular complexity index is 871. The monoisotopic (exact) mass is 337 g/mol. The topological polar surface area (TPSA) is 81.7 Å². The van der Waals surface area contributed by atoms with Crippen molar-refractivity contribution >= 4 is 5.91 Å². The van der Waals surface area contributed by atoms with Gasteiger partial charge in [0.15, 0.2) is 5.82 Å². The molecule has 3 aromatic rings. The summed E-state index contributed by atoms with van der Waals surface area (Å²) in [6.45, 7) is 3.51. The van der Waals surface area contributed by atoms with Crippen LogP contribution in [0.2, 0.25) is 0 Å². The average Bonchev–Trinajstić information content (AvgIpc) is 3.37. The van der Waals surface area contributed by atoms with E-state index >= 15 is 0 Å². The highest BCUT2D eigenvalue weighted by Crippen LogP contribution is 2.22. The predicted molar refractivity (Wildman–Crippen MR) is 90.2 cm³/mol. The molecule has 128 valence electrons. The first-order chi connectivity index (χ1) is 12.2. The zero-order valence-electron chi connectivity index (χ0n) is 14.0. The summed E-state index contributed by atoms with van der Waals surface area (Å²) in [6, 6.07) is 3.66. The molecule has 0 N–H and O–H groups in total. The van der Waals surface area contributed by atoms with E-state index < -0.39 is 0 Å². The van der Waals surface area contributed by atoms with Gasteiger partial charge < -0.3 is 4.90 Å². The lowest BCUT2D eigenvalue weighted by atomic mass is 10.2. The molecule has 0 aromatic carbocycles. The average molecular weight is 337 g/mol. The zero-order valence-corrected chi connectivity index (χ0v) is 14.0. The minimum absolute atomic E-state index is 0.0233. The second-order valence-electron chi connectivity index (χ2n) is 6.28. The largest absolute Gasteiger partial charge is 0.334 e. The fraction of sp³-hybridized carbons (Fsp3) is 0.353. The van der Waals surface area contributed by atoms with Crippen molar-refractivity contribution in [3.05, 3.63) is 54.5 Å². The number of hydrogen-bond donors (Lipinski definition) is 0. The number of pyridine rings is 1. The van der Waals surface area contributed by atoms with Crippen molar-refractivity contribution in [3.63, 3.8) is 0 Å². The molecule has 1 saturated heterocycles. The minimum Gasteiger partial charge on any atom is -0.334 e. The Morgan fingerprint density at radius 3 is 3.04 bits per heavy atom. The van der Waals surface area contributed by atoms with Crippen molar-refractivity contribution in [3.8, 4) is 5.82 Å². The molecule has 1 atom stereocenters. The third kappa shape index (κ3) is 3.15. The first-order valence-electron chi connectivity index (χ1n) is 8.32. The highest BCUT2D eigenvalue weighted by molar-refractivity contribution is 5.94. The number of aryl methyl sites for hydroxylation is 1. The smallest absolute Gasteiger partial charge is 0.254 e. The van der Waals surface area contributed by atoms with Crippen molar-refractivity contribution in [2.24, 2.45) is 0 Å². The van der Waals surface area contributed by atoms with E-state index in [-0.39, 0.29) is 11.9 Å². The van der Waals surface area contributed by atoms with Gasteiger partial charge in [0.25, 0.3) is 5.91 Å². The summed E-state index contributed by atoms with van der Waals surface area (Å²) in [7, 11) is 0. The molecule has 0 bridgehead atoms. The second-order valence-corrected chi connectivity index (χ2v) is 6.28. The Kier molecular flexibility index (Phi) is 4.01. The summed E-state index contributed by atoms with van der Waals surface area (Å²) >= 11 is 0. The number of carbonyl (C=O) groups is 1. The van der Waals surface area contributed by atoms with Gasteiger partial charge in [0.2, 0.25) is 0 Å². The van der Waals surface area contributed by atoms with Crippen LogP contribution >= 0.6 is 0 Å². The molecule has 4 heterocycles. The van der Waals surface area contributed by atoms with Crippen molar-refractivity contribution < 1.29 is 4.79 Å². The lowest BCUT2D eigenvalue weighted by Gasteiger charge is -2.25. The van der Waals surface area contributed by atoms with Gasteiger partial charge in [-0.2, -0.15) is 10.2 Å². The molecule has 0 unspecified atom stereocenters. The van der Waals surface area contributed by atoms with Gasteiger partial charge in [0.1, 0.15) is 12.7 Å². The van der Waals surface area contributed by atoms with Crippen LogP contribution in [0.25, 0.3) is 5.82 Å². The standard InChI is InChI=1S/C17H19N7O/c1-13-8-20-22(9-13)10-15-3-2-6-23(15)17(25)14-4-5-19-16(7-14)24-12-18-11-21-24/h4-5,7-9,11-12,15H,2-3,6,10H2,1H3/t15-/m0/s1. The number of carbonyl (C=O) groups excluding carboxylic acids is 1. The van der Waals surface area contributed by atoms with Gasteiger partial charge in [-0.15, -0.1) is 0 Å². The molecule has 1 aliphatic heterocycles. The number of aromatic nitrogens is 6. The molecule has 4 rings (SSSR count). The van der Waals surface area contributed by atoms with Crippen LogP contribution < -0.4 is 0 Å². The van der Waals surface area contributed by atoms with Gasteiger partial charge in [-0.25, -0.2) is 14.6 Å².